The van der Waals surface area contributed by atoms with E-state index in [0.29, 0.717) is 54.9 Å². The summed E-state index contributed by atoms with van der Waals surface area (Å²) in [5.74, 6) is -2.37. The third kappa shape index (κ3) is 4.45. The fourth-order valence-corrected chi connectivity index (χ4v) is 6.18. The number of ether oxygens (including phenoxy) is 1. The third-order valence-corrected chi connectivity index (χ3v) is 8.44. The van der Waals surface area contributed by atoms with E-state index >= 15 is 8.78 Å². The van der Waals surface area contributed by atoms with Crippen molar-refractivity contribution in [3.63, 3.8) is 0 Å². The molecule has 1 saturated heterocycles. The molecule has 0 amide bonds. The summed E-state index contributed by atoms with van der Waals surface area (Å²) in [6, 6.07) is 6.86. The average molecular weight is 461 g/mol. The predicted octanol–water partition coefficient (Wildman–Crippen LogP) is 8.44. The Morgan fingerprint density at radius 3 is 1.30 bits per heavy atom. The molecule has 0 aromatic heterocycles. The Morgan fingerprint density at radius 2 is 0.939 bits per heavy atom. The first-order valence-corrected chi connectivity index (χ1v) is 12.5. The molecule has 178 valence electrons. The van der Waals surface area contributed by atoms with Gasteiger partial charge in [0.25, 0.3) is 0 Å². The highest BCUT2D eigenvalue weighted by atomic mass is 19.2. The van der Waals surface area contributed by atoms with Crippen molar-refractivity contribution in [2.45, 2.75) is 88.6 Å². The quantitative estimate of drug-likeness (QED) is 0.322. The lowest BCUT2D eigenvalue weighted by molar-refractivity contribution is 0.311. The molecule has 0 spiro atoms. The molecular formula is C28H32F4O. The van der Waals surface area contributed by atoms with Crippen molar-refractivity contribution < 1.29 is 22.3 Å². The Hall–Kier alpha value is -1.88. The molecule has 5 heteroatoms. The maximum Gasteiger partial charge on any atom is 0.165 e. The summed E-state index contributed by atoms with van der Waals surface area (Å²) in [5, 5.41) is 0. The van der Waals surface area contributed by atoms with Gasteiger partial charge in [-0.2, -0.15) is 0 Å². The van der Waals surface area contributed by atoms with Gasteiger partial charge in [-0.15, -0.1) is 0 Å². The summed E-state index contributed by atoms with van der Waals surface area (Å²) in [5.41, 5.74) is 1.63. The van der Waals surface area contributed by atoms with Crippen molar-refractivity contribution >= 4 is 0 Å². The van der Waals surface area contributed by atoms with Gasteiger partial charge in [0.1, 0.15) is 6.10 Å². The SMILES string of the molecule is CCC1CCC(c2ccc(C3CCC(c4ccc(C5CO5)c(F)c4F)CC3)c(F)c2F)CC1. The van der Waals surface area contributed by atoms with Crippen LogP contribution in [-0.4, -0.2) is 6.61 Å². The summed E-state index contributed by atoms with van der Waals surface area (Å²) >= 11 is 0. The summed E-state index contributed by atoms with van der Waals surface area (Å²) in [6.07, 6.45) is 7.37. The van der Waals surface area contributed by atoms with Crippen LogP contribution in [0.1, 0.15) is 111 Å². The summed E-state index contributed by atoms with van der Waals surface area (Å²) < 4.78 is 64.4. The summed E-state index contributed by atoms with van der Waals surface area (Å²) in [7, 11) is 0. The molecule has 2 aromatic carbocycles. The average Bonchev–Trinajstić information content (AvgIpc) is 3.68. The third-order valence-electron chi connectivity index (χ3n) is 8.44. The van der Waals surface area contributed by atoms with Gasteiger partial charge in [-0.25, -0.2) is 17.6 Å². The molecule has 33 heavy (non-hydrogen) atoms. The van der Waals surface area contributed by atoms with E-state index in [2.05, 4.69) is 6.92 Å². The van der Waals surface area contributed by atoms with E-state index < -0.39 is 23.3 Å². The predicted molar refractivity (Wildman–Crippen MR) is 120 cm³/mol. The van der Waals surface area contributed by atoms with E-state index in [1.165, 1.54) is 0 Å². The Kier molecular flexibility index (Phi) is 6.52. The van der Waals surface area contributed by atoms with Crippen LogP contribution < -0.4 is 0 Å². The van der Waals surface area contributed by atoms with E-state index in [4.69, 9.17) is 4.74 Å². The van der Waals surface area contributed by atoms with Crippen LogP contribution in [0.25, 0.3) is 0 Å². The maximum atomic E-state index is 15.1. The second kappa shape index (κ2) is 9.40. The number of hydrogen-bond donors (Lipinski definition) is 0. The van der Waals surface area contributed by atoms with Crippen molar-refractivity contribution in [3.8, 4) is 0 Å². The van der Waals surface area contributed by atoms with Gasteiger partial charge in [-0.1, -0.05) is 37.6 Å². The van der Waals surface area contributed by atoms with Crippen molar-refractivity contribution in [3.05, 3.63) is 69.8 Å². The van der Waals surface area contributed by atoms with Crippen LogP contribution >= 0.6 is 0 Å². The van der Waals surface area contributed by atoms with Crippen molar-refractivity contribution in [2.75, 3.05) is 6.61 Å². The number of epoxide rings is 1. The molecule has 1 atom stereocenters. The molecule has 1 nitrogen and oxygen atoms in total. The molecular weight excluding hydrogens is 428 g/mol. The van der Waals surface area contributed by atoms with Crippen LogP contribution in [0.3, 0.4) is 0 Å². The maximum absolute atomic E-state index is 15.1. The minimum Gasteiger partial charge on any atom is -0.368 e. The highest BCUT2D eigenvalue weighted by Gasteiger charge is 2.33. The van der Waals surface area contributed by atoms with E-state index in [1.54, 1.807) is 24.3 Å². The second-order valence-electron chi connectivity index (χ2n) is 10.2. The molecule has 5 rings (SSSR count). The van der Waals surface area contributed by atoms with E-state index in [1.807, 2.05) is 0 Å². The monoisotopic (exact) mass is 460 g/mol. The Balaban J connectivity index is 1.27. The van der Waals surface area contributed by atoms with E-state index in [9.17, 15) is 8.78 Å². The van der Waals surface area contributed by atoms with Crippen molar-refractivity contribution in [2.24, 2.45) is 5.92 Å². The van der Waals surface area contributed by atoms with Gasteiger partial charge >= 0.3 is 0 Å². The largest absolute Gasteiger partial charge is 0.368 e. The zero-order valence-corrected chi connectivity index (χ0v) is 19.2. The number of halogens is 4. The number of benzene rings is 2. The summed E-state index contributed by atoms with van der Waals surface area (Å²) in [6.45, 7) is 2.62. The minimum atomic E-state index is -0.811. The lowest BCUT2D eigenvalue weighted by Gasteiger charge is -2.31. The first kappa shape index (κ1) is 22.9. The standard InChI is InChI=1S/C28H32F4O/c1-2-16-3-5-17(6-4-16)20-11-12-21(26(30)25(20)29)18-7-9-19(10-8-18)22-13-14-23(24-15-33-24)28(32)27(22)31/h11-14,16-19,24H,2-10,15H2,1H3. The van der Waals surface area contributed by atoms with Crippen LogP contribution in [0.15, 0.2) is 24.3 Å². The van der Waals surface area contributed by atoms with Crippen LogP contribution in [0.5, 0.6) is 0 Å². The normalized spacial score (nSPS) is 29.8. The fraction of sp³-hybridized carbons (Fsp3) is 0.571. The van der Waals surface area contributed by atoms with Crippen molar-refractivity contribution in [1.82, 2.24) is 0 Å². The molecule has 2 aromatic rings. The van der Waals surface area contributed by atoms with Gasteiger partial charge in [0.05, 0.1) is 6.61 Å². The topological polar surface area (TPSA) is 12.5 Å². The van der Waals surface area contributed by atoms with Gasteiger partial charge in [0, 0.05) is 5.56 Å². The Bertz CT molecular complexity index is 999. The zero-order valence-electron chi connectivity index (χ0n) is 19.2. The Morgan fingerprint density at radius 1 is 0.606 bits per heavy atom. The van der Waals surface area contributed by atoms with Gasteiger partial charge in [0.2, 0.25) is 0 Å². The molecule has 1 aliphatic heterocycles. The Labute approximate surface area is 193 Å². The highest BCUT2D eigenvalue weighted by molar-refractivity contribution is 5.34. The van der Waals surface area contributed by atoms with Gasteiger partial charge in [0.15, 0.2) is 23.3 Å². The summed E-state index contributed by atoms with van der Waals surface area (Å²) in [4.78, 5) is 0. The zero-order chi connectivity index (χ0) is 23.1. The van der Waals surface area contributed by atoms with Crippen LogP contribution in [0.4, 0.5) is 17.6 Å². The van der Waals surface area contributed by atoms with E-state index in [0.717, 1.165) is 32.1 Å². The van der Waals surface area contributed by atoms with Crippen LogP contribution in [0.2, 0.25) is 0 Å². The van der Waals surface area contributed by atoms with Crippen molar-refractivity contribution in [1.29, 1.82) is 0 Å². The van der Waals surface area contributed by atoms with Gasteiger partial charge < -0.3 is 4.74 Å². The molecule has 2 aliphatic carbocycles. The lowest BCUT2D eigenvalue weighted by Crippen LogP contribution is -2.17. The molecule has 1 heterocycles. The molecule has 0 bridgehead atoms. The smallest absolute Gasteiger partial charge is 0.165 e. The minimum absolute atomic E-state index is 0.0901. The molecule has 3 fully saturated rings. The van der Waals surface area contributed by atoms with Gasteiger partial charge in [-0.3, -0.25) is 0 Å². The first-order valence-electron chi connectivity index (χ1n) is 12.5. The molecule has 0 N–H and O–H groups in total. The van der Waals surface area contributed by atoms with Gasteiger partial charge in [-0.05, 0) is 91.7 Å². The molecule has 1 unspecified atom stereocenters. The number of rotatable bonds is 5. The first-order chi connectivity index (χ1) is 16.0. The molecule has 3 aliphatic rings. The van der Waals surface area contributed by atoms with Crippen LogP contribution in [0, 0.1) is 29.2 Å². The molecule has 0 radical (unpaired) electrons. The van der Waals surface area contributed by atoms with E-state index in [-0.39, 0.29) is 29.4 Å². The van der Waals surface area contributed by atoms with Crippen LogP contribution in [-0.2, 0) is 4.74 Å². The molecule has 2 saturated carbocycles. The highest BCUT2D eigenvalue weighted by Crippen LogP contribution is 2.45. The fourth-order valence-electron chi connectivity index (χ4n) is 6.18. The second-order valence-corrected chi connectivity index (χ2v) is 10.2. The number of hydrogen-bond acceptors (Lipinski definition) is 1. The lowest BCUT2D eigenvalue weighted by atomic mass is 9.74.